The number of rotatable bonds is 3. The molecule has 1 saturated carbocycles. The molecule has 0 unspecified atom stereocenters. The van der Waals surface area contributed by atoms with Gasteiger partial charge in [0.25, 0.3) is 5.91 Å². The summed E-state index contributed by atoms with van der Waals surface area (Å²) in [6.07, 6.45) is 5.71. The predicted octanol–water partition coefficient (Wildman–Crippen LogP) is 0.710. The fourth-order valence-corrected chi connectivity index (χ4v) is 3.74. The maximum atomic E-state index is 12.4. The van der Waals surface area contributed by atoms with Gasteiger partial charge in [0, 0.05) is 37.9 Å². The monoisotopic (exact) mass is 304 g/mol. The molecule has 0 bridgehead atoms. The quantitative estimate of drug-likeness (QED) is 0.893. The van der Waals surface area contributed by atoms with Crippen LogP contribution in [0.3, 0.4) is 0 Å². The van der Waals surface area contributed by atoms with Gasteiger partial charge in [-0.3, -0.25) is 14.4 Å². The van der Waals surface area contributed by atoms with Gasteiger partial charge in [0.1, 0.15) is 0 Å². The van der Waals surface area contributed by atoms with Gasteiger partial charge in [-0.1, -0.05) is 0 Å². The first kappa shape index (κ1) is 14.2. The summed E-state index contributed by atoms with van der Waals surface area (Å²) in [5.41, 5.74) is 1.59. The molecule has 1 amide bonds. The molecule has 1 aliphatic carbocycles. The predicted molar refractivity (Wildman–Crippen MR) is 81.6 cm³/mol. The van der Waals surface area contributed by atoms with Gasteiger partial charge in [-0.2, -0.15) is 5.10 Å². The summed E-state index contributed by atoms with van der Waals surface area (Å²) in [6, 6.07) is 0.689. The Bertz CT molecular complexity index is 581. The minimum Gasteiger partial charge on any atom is -0.375 e. The maximum absolute atomic E-state index is 12.4. The van der Waals surface area contributed by atoms with E-state index in [0.717, 1.165) is 37.7 Å². The Morgan fingerprint density at radius 1 is 1.41 bits per heavy atom. The molecule has 0 aromatic carbocycles. The number of morpholine rings is 1. The summed E-state index contributed by atoms with van der Waals surface area (Å²) in [7, 11) is 1.86. The zero-order chi connectivity index (χ0) is 15.3. The molecular formula is C16H24N4O2. The minimum absolute atomic E-state index is 0.00453. The molecule has 120 valence electrons. The van der Waals surface area contributed by atoms with Crippen molar-refractivity contribution < 1.29 is 9.53 Å². The number of aryl methyl sites for hydroxylation is 1. The van der Waals surface area contributed by atoms with E-state index in [-0.39, 0.29) is 11.9 Å². The second-order valence-electron chi connectivity index (χ2n) is 6.99. The average molecular weight is 304 g/mol. The van der Waals surface area contributed by atoms with Crippen LogP contribution in [0.1, 0.15) is 35.3 Å². The molecule has 6 nitrogen and oxygen atoms in total. The summed E-state index contributed by atoms with van der Waals surface area (Å²) in [4.78, 5) is 14.9. The number of hydrogen-bond donors (Lipinski definition) is 1. The van der Waals surface area contributed by atoms with Crippen LogP contribution in [-0.4, -0.2) is 58.5 Å². The molecule has 1 aromatic heterocycles. The van der Waals surface area contributed by atoms with E-state index in [2.05, 4.69) is 15.3 Å². The summed E-state index contributed by atoms with van der Waals surface area (Å²) >= 11 is 0. The molecule has 1 N–H and O–H groups in total. The van der Waals surface area contributed by atoms with Crippen LogP contribution in [0.25, 0.3) is 0 Å². The SMILES string of the molecule is Cc1c(C(=O)N[C@@H]2C[C@H]3CO[C@@H](C4CC4)CN3C2)cnn1C. The molecule has 3 aliphatic rings. The number of carbonyl (C=O) groups excluding carboxylic acids is 1. The number of hydrogen-bond acceptors (Lipinski definition) is 4. The largest absolute Gasteiger partial charge is 0.375 e. The number of carbonyl (C=O) groups is 1. The van der Waals surface area contributed by atoms with E-state index in [0.29, 0.717) is 17.7 Å². The number of aromatic nitrogens is 2. The summed E-state index contributed by atoms with van der Waals surface area (Å²) in [6.45, 7) is 4.73. The van der Waals surface area contributed by atoms with E-state index in [1.807, 2.05) is 14.0 Å². The second kappa shape index (κ2) is 5.35. The summed E-state index contributed by atoms with van der Waals surface area (Å²) < 4.78 is 7.75. The highest BCUT2D eigenvalue weighted by Gasteiger charge is 2.42. The third-order valence-corrected chi connectivity index (χ3v) is 5.41. The number of nitrogens with one attached hydrogen (secondary N) is 1. The molecule has 3 fully saturated rings. The van der Waals surface area contributed by atoms with Crippen molar-refractivity contribution in [3.8, 4) is 0 Å². The lowest BCUT2D eigenvalue weighted by atomic mass is 10.1. The molecule has 4 rings (SSSR count). The lowest BCUT2D eigenvalue weighted by Gasteiger charge is -2.35. The van der Waals surface area contributed by atoms with Gasteiger partial charge in [0.2, 0.25) is 0 Å². The number of fused-ring (bicyclic) bond motifs is 1. The molecule has 1 aromatic rings. The number of nitrogens with zero attached hydrogens (tertiary/aromatic N) is 3. The van der Waals surface area contributed by atoms with Crippen molar-refractivity contribution in [3.05, 3.63) is 17.5 Å². The van der Waals surface area contributed by atoms with Crippen molar-refractivity contribution in [1.82, 2.24) is 20.0 Å². The van der Waals surface area contributed by atoms with E-state index in [9.17, 15) is 4.79 Å². The molecule has 0 radical (unpaired) electrons. The van der Waals surface area contributed by atoms with Gasteiger partial charge in [0.05, 0.1) is 24.5 Å². The average Bonchev–Trinajstić information content (AvgIpc) is 3.19. The van der Waals surface area contributed by atoms with E-state index in [4.69, 9.17) is 4.74 Å². The van der Waals surface area contributed by atoms with E-state index >= 15 is 0 Å². The van der Waals surface area contributed by atoms with Crippen LogP contribution < -0.4 is 5.32 Å². The lowest BCUT2D eigenvalue weighted by molar-refractivity contribution is -0.0581. The normalized spacial score (nSPS) is 32.0. The highest BCUT2D eigenvalue weighted by atomic mass is 16.5. The Hall–Kier alpha value is -1.40. The molecular weight excluding hydrogens is 280 g/mol. The van der Waals surface area contributed by atoms with Crippen molar-refractivity contribution in [3.63, 3.8) is 0 Å². The molecule has 22 heavy (non-hydrogen) atoms. The molecule has 3 atom stereocenters. The van der Waals surface area contributed by atoms with Gasteiger partial charge in [0.15, 0.2) is 0 Å². The standard InChI is InChI=1S/C16H24N4O2/c1-10-14(6-17-19(10)2)16(21)18-12-5-13-9-22-15(11-3-4-11)8-20(13)7-12/h6,11-13,15H,3-5,7-9H2,1-2H3,(H,18,21)/t12-,13+,15-/m1/s1. The Morgan fingerprint density at radius 2 is 2.23 bits per heavy atom. The van der Waals surface area contributed by atoms with Gasteiger partial charge in [-0.15, -0.1) is 0 Å². The van der Waals surface area contributed by atoms with Gasteiger partial charge in [-0.05, 0) is 32.1 Å². The van der Waals surface area contributed by atoms with E-state index in [1.165, 1.54) is 12.8 Å². The molecule has 2 aliphatic heterocycles. The highest BCUT2D eigenvalue weighted by molar-refractivity contribution is 5.95. The molecule has 2 saturated heterocycles. The van der Waals surface area contributed by atoms with Crippen LogP contribution >= 0.6 is 0 Å². The molecule has 0 spiro atoms. The van der Waals surface area contributed by atoms with Crippen molar-refractivity contribution in [2.75, 3.05) is 19.7 Å². The Kier molecular flexibility index (Phi) is 3.46. The van der Waals surface area contributed by atoms with Gasteiger partial charge >= 0.3 is 0 Å². The zero-order valence-corrected chi connectivity index (χ0v) is 13.3. The van der Waals surface area contributed by atoms with Crippen LogP contribution in [0.4, 0.5) is 0 Å². The minimum atomic E-state index is -0.00453. The second-order valence-corrected chi connectivity index (χ2v) is 6.99. The van der Waals surface area contributed by atoms with Crippen molar-refractivity contribution in [2.24, 2.45) is 13.0 Å². The van der Waals surface area contributed by atoms with Gasteiger partial charge < -0.3 is 10.1 Å². The third kappa shape index (κ3) is 2.54. The Balaban J connectivity index is 1.36. The topological polar surface area (TPSA) is 59.4 Å². The van der Waals surface area contributed by atoms with Crippen LogP contribution in [0.15, 0.2) is 6.20 Å². The highest BCUT2D eigenvalue weighted by Crippen LogP contribution is 2.37. The first-order chi connectivity index (χ1) is 10.6. The van der Waals surface area contributed by atoms with Crippen LogP contribution in [0.2, 0.25) is 0 Å². The van der Waals surface area contributed by atoms with Crippen LogP contribution in [0.5, 0.6) is 0 Å². The summed E-state index contributed by atoms with van der Waals surface area (Å²) in [5, 5.41) is 7.32. The Labute approximate surface area is 130 Å². The van der Waals surface area contributed by atoms with Crippen LogP contribution in [-0.2, 0) is 11.8 Å². The first-order valence-electron chi connectivity index (χ1n) is 8.27. The smallest absolute Gasteiger partial charge is 0.255 e. The summed E-state index contributed by atoms with van der Waals surface area (Å²) in [5.74, 6) is 0.780. The van der Waals surface area contributed by atoms with Crippen molar-refractivity contribution in [2.45, 2.75) is 44.4 Å². The zero-order valence-electron chi connectivity index (χ0n) is 13.3. The van der Waals surface area contributed by atoms with E-state index in [1.54, 1.807) is 10.9 Å². The molecule has 3 heterocycles. The lowest BCUT2D eigenvalue weighted by Crippen LogP contribution is -2.47. The first-order valence-corrected chi connectivity index (χ1v) is 8.27. The fourth-order valence-electron chi connectivity index (χ4n) is 3.74. The maximum Gasteiger partial charge on any atom is 0.255 e. The van der Waals surface area contributed by atoms with Crippen molar-refractivity contribution in [1.29, 1.82) is 0 Å². The third-order valence-electron chi connectivity index (χ3n) is 5.41. The van der Waals surface area contributed by atoms with Crippen LogP contribution in [0, 0.1) is 12.8 Å². The number of ether oxygens (including phenoxy) is 1. The number of amides is 1. The molecule has 6 heteroatoms. The van der Waals surface area contributed by atoms with Crippen molar-refractivity contribution >= 4 is 5.91 Å². The fraction of sp³-hybridized carbons (Fsp3) is 0.750. The Morgan fingerprint density at radius 3 is 2.91 bits per heavy atom. The van der Waals surface area contributed by atoms with Gasteiger partial charge in [-0.25, -0.2) is 0 Å². The van der Waals surface area contributed by atoms with E-state index < -0.39 is 0 Å².